The maximum atomic E-state index is 6.23. The van der Waals surface area contributed by atoms with Gasteiger partial charge in [-0.25, -0.2) is 4.98 Å². The van der Waals surface area contributed by atoms with E-state index < -0.39 is 0 Å². The topological polar surface area (TPSA) is 43.4 Å². The summed E-state index contributed by atoms with van der Waals surface area (Å²) in [4.78, 5) is 4.21. The van der Waals surface area contributed by atoms with Crippen LogP contribution in [-0.4, -0.2) is 25.2 Å². The molecular formula is C17H20N2O2. The highest BCUT2D eigenvalue weighted by Crippen LogP contribution is 2.32. The molecule has 0 aliphatic carbocycles. The van der Waals surface area contributed by atoms with Crippen molar-refractivity contribution in [1.82, 2.24) is 10.3 Å². The summed E-state index contributed by atoms with van der Waals surface area (Å²) < 4.78 is 11.3. The van der Waals surface area contributed by atoms with Crippen molar-refractivity contribution in [3.63, 3.8) is 0 Å². The van der Waals surface area contributed by atoms with Crippen molar-refractivity contribution < 1.29 is 9.47 Å². The highest BCUT2D eigenvalue weighted by atomic mass is 16.5. The molecule has 0 saturated carbocycles. The maximum Gasteiger partial charge on any atom is 0.213 e. The first-order valence-corrected chi connectivity index (χ1v) is 7.29. The second kappa shape index (κ2) is 6.59. The third-order valence-electron chi connectivity index (χ3n) is 3.84. The fourth-order valence-corrected chi connectivity index (χ4v) is 2.72. The molecule has 1 aromatic carbocycles. The summed E-state index contributed by atoms with van der Waals surface area (Å²) in [6.07, 6.45) is 2.90. The summed E-state index contributed by atoms with van der Waals surface area (Å²) in [5.41, 5.74) is 1.21. The number of ether oxygens (including phenoxy) is 2. The fraction of sp³-hybridized carbons (Fsp3) is 0.353. The number of nitrogens with one attached hydrogen (secondary N) is 1. The molecule has 21 heavy (non-hydrogen) atoms. The number of pyridine rings is 1. The van der Waals surface area contributed by atoms with E-state index in [1.54, 1.807) is 13.3 Å². The lowest BCUT2D eigenvalue weighted by Crippen LogP contribution is -2.21. The van der Waals surface area contributed by atoms with Crippen LogP contribution >= 0.6 is 0 Å². The molecule has 110 valence electrons. The van der Waals surface area contributed by atoms with Crippen LogP contribution in [0.5, 0.6) is 11.6 Å². The monoisotopic (exact) mass is 284 g/mol. The van der Waals surface area contributed by atoms with E-state index in [9.17, 15) is 0 Å². The Morgan fingerprint density at radius 3 is 2.67 bits per heavy atom. The Hall–Kier alpha value is -2.07. The van der Waals surface area contributed by atoms with Gasteiger partial charge in [0.1, 0.15) is 11.9 Å². The number of rotatable bonds is 5. The molecule has 0 radical (unpaired) electrons. The maximum absolute atomic E-state index is 6.23. The zero-order chi connectivity index (χ0) is 14.5. The lowest BCUT2D eigenvalue weighted by Gasteiger charge is -2.24. The average molecular weight is 284 g/mol. The van der Waals surface area contributed by atoms with E-state index in [0.717, 1.165) is 25.3 Å². The molecule has 1 aromatic heterocycles. The molecule has 2 heterocycles. The van der Waals surface area contributed by atoms with Crippen LogP contribution in [-0.2, 0) is 0 Å². The van der Waals surface area contributed by atoms with Crippen molar-refractivity contribution >= 4 is 0 Å². The highest BCUT2D eigenvalue weighted by molar-refractivity contribution is 5.26. The molecule has 0 spiro atoms. The molecule has 1 aliphatic rings. The molecule has 2 atom stereocenters. The molecule has 3 rings (SSSR count). The number of hydrogen-bond acceptors (Lipinski definition) is 4. The molecule has 2 aromatic rings. The van der Waals surface area contributed by atoms with E-state index in [1.165, 1.54) is 5.56 Å². The van der Waals surface area contributed by atoms with Crippen LogP contribution in [0.15, 0.2) is 48.7 Å². The van der Waals surface area contributed by atoms with Crippen LogP contribution in [0.1, 0.15) is 18.1 Å². The summed E-state index contributed by atoms with van der Waals surface area (Å²) in [5, 5.41) is 3.41. The minimum absolute atomic E-state index is 0.0522. The first-order chi connectivity index (χ1) is 10.4. The summed E-state index contributed by atoms with van der Waals surface area (Å²) in [6.45, 7) is 2.04. The molecule has 0 amide bonds. The Morgan fingerprint density at radius 2 is 2.05 bits per heavy atom. The van der Waals surface area contributed by atoms with Crippen LogP contribution in [0.4, 0.5) is 0 Å². The van der Waals surface area contributed by atoms with Crippen molar-refractivity contribution in [3.05, 3.63) is 54.2 Å². The van der Waals surface area contributed by atoms with Crippen LogP contribution in [0.3, 0.4) is 0 Å². The fourth-order valence-electron chi connectivity index (χ4n) is 2.72. The van der Waals surface area contributed by atoms with Crippen molar-refractivity contribution in [2.45, 2.75) is 12.5 Å². The SMILES string of the molecule is COc1ccc(O[C@@H](c2ccccc2)[C@H]2CCNC2)cn1. The number of aromatic nitrogens is 1. The van der Waals surface area contributed by atoms with Gasteiger partial charge in [-0.1, -0.05) is 30.3 Å². The Kier molecular flexibility index (Phi) is 4.36. The first-order valence-electron chi connectivity index (χ1n) is 7.29. The van der Waals surface area contributed by atoms with Crippen LogP contribution < -0.4 is 14.8 Å². The van der Waals surface area contributed by atoms with Gasteiger partial charge < -0.3 is 14.8 Å². The van der Waals surface area contributed by atoms with E-state index in [0.29, 0.717) is 11.8 Å². The van der Waals surface area contributed by atoms with Gasteiger partial charge in [0, 0.05) is 18.5 Å². The molecule has 1 saturated heterocycles. The Bertz CT molecular complexity index is 551. The molecule has 0 bridgehead atoms. The molecule has 1 aliphatic heterocycles. The highest BCUT2D eigenvalue weighted by Gasteiger charge is 2.28. The number of nitrogens with zero attached hydrogens (tertiary/aromatic N) is 1. The summed E-state index contributed by atoms with van der Waals surface area (Å²) in [7, 11) is 1.61. The summed E-state index contributed by atoms with van der Waals surface area (Å²) in [5.74, 6) is 1.85. The molecule has 1 fully saturated rings. The summed E-state index contributed by atoms with van der Waals surface area (Å²) >= 11 is 0. The van der Waals surface area contributed by atoms with Crippen LogP contribution in [0.25, 0.3) is 0 Å². The smallest absolute Gasteiger partial charge is 0.213 e. The number of methoxy groups -OCH3 is 1. The van der Waals surface area contributed by atoms with Gasteiger partial charge >= 0.3 is 0 Å². The van der Waals surface area contributed by atoms with Gasteiger partial charge in [-0.2, -0.15) is 0 Å². The van der Waals surface area contributed by atoms with Gasteiger partial charge in [-0.05, 0) is 24.6 Å². The lowest BCUT2D eigenvalue weighted by molar-refractivity contribution is 0.143. The zero-order valence-corrected chi connectivity index (χ0v) is 12.2. The Morgan fingerprint density at radius 1 is 1.19 bits per heavy atom. The first kappa shape index (κ1) is 13.9. The van der Waals surface area contributed by atoms with E-state index >= 15 is 0 Å². The van der Waals surface area contributed by atoms with Gasteiger partial charge in [-0.3, -0.25) is 0 Å². The minimum atomic E-state index is 0.0522. The predicted molar refractivity (Wildman–Crippen MR) is 81.6 cm³/mol. The Labute approximate surface area is 125 Å². The normalized spacial score (nSPS) is 19.2. The molecule has 1 N–H and O–H groups in total. The molecular weight excluding hydrogens is 264 g/mol. The van der Waals surface area contributed by atoms with E-state index in [-0.39, 0.29) is 6.10 Å². The van der Waals surface area contributed by atoms with Gasteiger partial charge in [-0.15, -0.1) is 0 Å². The van der Waals surface area contributed by atoms with Gasteiger partial charge in [0.05, 0.1) is 13.3 Å². The largest absolute Gasteiger partial charge is 0.484 e. The van der Waals surface area contributed by atoms with Crippen molar-refractivity contribution in [3.8, 4) is 11.6 Å². The van der Waals surface area contributed by atoms with Crippen LogP contribution in [0, 0.1) is 5.92 Å². The zero-order valence-electron chi connectivity index (χ0n) is 12.2. The van der Waals surface area contributed by atoms with Crippen molar-refractivity contribution in [1.29, 1.82) is 0 Å². The second-order valence-electron chi connectivity index (χ2n) is 5.24. The van der Waals surface area contributed by atoms with E-state index in [1.807, 2.05) is 18.2 Å². The average Bonchev–Trinajstić information content (AvgIpc) is 3.08. The Balaban J connectivity index is 1.81. The van der Waals surface area contributed by atoms with Crippen molar-refractivity contribution in [2.24, 2.45) is 5.92 Å². The number of benzene rings is 1. The number of hydrogen-bond donors (Lipinski definition) is 1. The third kappa shape index (κ3) is 3.34. The van der Waals surface area contributed by atoms with Crippen LogP contribution in [0.2, 0.25) is 0 Å². The standard InChI is InChI=1S/C17H20N2O2/c1-20-16-8-7-15(12-19-16)21-17(14-9-10-18-11-14)13-5-3-2-4-6-13/h2-8,12,14,17-18H,9-11H2,1H3/t14-,17-/m0/s1. The van der Waals surface area contributed by atoms with E-state index in [2.05, 4.69) is 34.6 Å². The second-order valence-corrected chi connectivity index (χ2v) is 5.24. The van der Waals surface area contributed by atoms with Gasteiger partial charge in [0.25, 0.3) is 0 Å². The van der Waals surface area contributed by atoms with Gasteiger partial charge in [0.15, 0.2) is 0 Å². The molecule has 0 unspecified atom stereocenters. The quantitative estimate of drug-likeness (QED) is 0.917. The molecule has 4 nitrogen and oxygen atoms in total. The lowest BCUT2D eigenvalue weighted by atomic mass is 9.95. The summed E-state index contributed by atoms with van der Waals surface area (Å²) in [6, 6.07) is 14.1. The third-order valence-corrected chi connectivity index (χ3v) is 3.84. The van der Waals surface area contributed by atoms with Crippen molar-refractivity contribution in [2.75, 3.05) is 20.2 Å². The van der Waals surface area contributed by atoms with Gasteiger partial charge in [0.2, 0.25) is 5.88 Å². The van der Waals surface area contributed by atoms with E-state index in [4.69, 9.17) is 9.47 Å². The minimum Gasteiger partial charge on any atom is -0.484 e. The predicted octanol–water partition coefficient (Wildman–Crippen LogP) is 2.82. The molecule has 4 heteroatoms.